The minimum absolute atomic E-state index is 0.170. The van der Waals surface area contributed by atoms with Crippen molar-refractivity contribution in [1.29, 1.82) is 0 Å². The van der Waals surface area contributed by atoms with E-state index in [1.807, 2.05) is 6.07 Å². The smallest absolute Gasteiger partial charge is 0.323 e. The first-order chi connectivity index (χ1) is 6.61. The molecule has 0 aromatic heterocycles. The molecule has 0 aliphatic heterocycles. The molecular weight excluding hydrogens is 185 g/mol. The summed E-state index contributed by atoms with van der Waals surface area (Å²) in [5.41, 5.74) is 0.810. The van der Waals surface area contributed by atoms with E-state index in [1.165, 1.54) is 0 Å². The summed E-state index contributed by atoms with van der Waals surface area (Å²) in [6, 6.07) is 7.87. The van der Waals surface area contributed by atoms with Crippen LogP contribution < -0.4 is 0 Å². The van der Waals surface area contributed by atoms with Crippen molar-refractivity contribution in [1.82, 2.24) is 5.12 Å². The minimum Gasteiger partial charge on any atom is -0.480 e. The van der Waals surface area contributed by atoms with Crippen LogP contribution in [0.25, 0.3) is 0 Å². The third-order valence-electron chi connectivity index (χ3n) is 1.99. The number of benzene rings is 1. The molecule has 4 heteroatoms. The molecule has 76 valence electrons. The summed E-state index contributed by atoms with van der Waals surface area (Å²) < 4.78 is 12.8. The largest absolute Gasteiger partial charge is 0.480 e. The van der Waals surface area contributed by atoms with Crippen LogP contribution in [0.5, 0.6) is 0 Å². The molecule has 0 saturated carbocycles. The van der Waals surface area contributed by atoms with Crippen molar-refractivity contribution >= 4 is 5.97 Å². The second-order valence-corrected chi connectivity index (χ2v) is 3.07. The van der Waals surface area contributed by atoms with Crippen molar-refractivity contribution < 1.29 is 14.4 Å². The van der Waals surface area contributed by atoms with Gasteiger partial charge in [0.05, 0.1) is 0 Å². The topological polar surface area (TPSA) is 40.5 Å². The maximum atomic E-state index is 12.8. The highest BCUT2D eigenvalue weighted by atomic mass is 19.2. The summed E-state index contributed by atoms with van der Waals surface area (Å²) in [6.45, 7) is 0. The summed E-state index contributed by atoms with van der Waals surface area (Å²) in [6.07, 6.45) is 0.170. The number of halogens is 1. The van der Waals surface area contributed by atoms with Crippen molar-refractivity contribution in [2.24, 2.45) is 0 Å². The lowest BCUT2D eigenvalue weighted by Crippen LogP contribution is -2.34. The summed E-state index contributed by atoms with van der Waals surface area (Å²) in [7, 11) is 1.11. The molecule has 14 heavy (non-hydrogen) atoms. The molecule has 0 amide bonds. The summed E-state index contributed by atoms with van der Waals surface area (Å²) in [4.78, 5) is 10.7. The fourth-order valence-electron chi connectivity index (χ4n) is 1.20. The average molecular weight is 197 g/mol. The SMILES string of the molecule is CN(F)C(Cc1ccccc1)C(=O)O. The van der Waals surface area contributed by atoms with Gasteiger partial charge in [-0.25, -0.2) is 0 Å². The van der Waals surface area contributed by atoms with E-state index in [1.54, 1.807) is 24.3 Å². The highest BCUT2D eigenvalue weighted by Gasteiger charge is 2.22. The Labute approximate surface area is 81.7 Å². The molecule has 1 unspecified atom stereocenters. The zero-order chi connectivity index (χ0) is 10.6. The molecule has 0 aliphatic carbocycles. The van der Waals surface area contributed by atoms with Crippen LogP contribution in [0.15, 0.2) is 30.3 Å². The van der Waals surface area contributed by atoms with Crippen LogP contribution in [0.4, 0.5) is 4.48 Å². The van der Waals surface area contributed by atoms with Gasteiger partial charge in [0.2, 0.25) is 0 Å². The van der Waals surface area contributed by atoms with Gasteiger partial charge in [0, 0.05) is 13.5 Å². The number of hydrogen-bond donors (Lipinski definition) is 1. The first kappa shape index (κ1) is 10.7. The average Bonchev–Trinajstić information content (AvgIpc) is 2.15. The molecule has 0 bridgehead atoms. The van der Waals surface area contributed by atoms with Crippen LogP contribution >= 0.6 is 0 Å². The van der Waals surface area contributed by atoms with Crippen molar-refractivity contribution in [2.45, 2.75) is 12.5 Å². The third-order valence-corrected chi connectivity index (χ3v) is 1.99. The Balaban J connectivity index is 2.70. The number of carboxylic acids is 1. The fourth-order valence-corrected chi connectivity index (χ4v) is 1.20. The van der Waals surface area contributed by atoms with E-state index < -0.39 is 12.0 Å². The second-order valence-electron chi connectivity index (χ2n) is 3.07. The lowest BCUT2D eigenvalue weighted by molar-refractivity contribution is -0.149. The monoisotopic (exact) mass is 197 g/mol. The zero-order valence-corrected chi connectivity index (χ0v) is 7.85. The van der Waals surface area contributed by atoms with E-state index in [0.717, 1.165) is 12.6 Å². The number of carbonyl (C=O) groups is 1. The normalized spacial score (nSPS) is 12.8. The summed E-state index contributed by atoms with van der Waals surface area (Å²) in [5, 5.41) is 8.94. The quantitative estimate of drug-likeness (QED) is 0.743. The van der Waals surface area contributed by atoms with Crippen LogP contribution in [-0.2, 0) is 11.2 Å². The highest BCUT2D eigenvalue weighted by molar-refractivity contribution is 5.73. The van der Waals surface area contributed by atoms with Crippen LogP contribution in [-0.4, -0.2) is 29.3 Å². The summed E-state index contributed by atoms with van der Waals surface area (Å²) >= 11 is 0. The minimum atomic E-state index is -1.15. The van der Waals surface area contributed by atoms with Gasteiger partial charge in [0.25, 0.3) is 0 Å². The van der Waals surface area contributed by atoms with Gasteiger partial charge in [-0.1, -0.05) is 30.3 Å². The Morgan fingerprint density at radius 2 is 2.07 bits per heavy atom. The van der Waals surface area contributed by atoms with Crippen molar-refractivity contribution in [2.75, 3.05) is 7.05 Å². The molecule has 1 aromatic rings. The van der Waals surface area contributed by atoms with Gasteiger partial charge in [-0.15, -0.1) is 9.60 Å². The molecule has 0 fully saturated rings. The van der Waals surface area contributed by atoms with Crippen molar-refractivity contribution in [3.63, 3.8) is 0 Å². The lowest BCUT2D eigenvalue weighted by Gasteiger charge is -2.15. The van der Waals surface area contributed by atoms with Gasteiger partial charge < -0.3 is 5.11 Å². The predicted octanol–water partition coefficient (Wildman–Crippen LogP) is 1.50. The van der Waals surface area contributed by atoms with Crippen LogP contribution in [0, 0.1) is 0 Å². The molecule has 1 N–H and O–H groups in total. The van der Waals surface area contributed by atoms with Crippen molar-refractivity contribution in [3.05, 3.63) is 35.9 Å². The van der Waals surface area contributed by atoms with Gasteiger partial charge in [0.15, 0.2) is 0 Å². The molecule has 0 saturated heterocycles. The highest BCUT2D eigenvalue weighted by Crippen LogP contribution is 2.08. The molecular formula is C10H12FNO2. The number of nitrogens with zero attached hydrogens (tertiary/aromatic N) is 1. The van der Waals surface area contributed by atoms with E-state index in [0.29, 0.717) is 0 Å². The number of aliphatic carboxylic acids is 1. The molecule has 0 heterocycles. The Morgan fingerprint density at radius 1 is 1.50 bits per heavy atom. The Morgan fingerprint density at radius 3 is 2.50 bits per heavy atom. The lowest BCUT2D eigenvalue weighted by atomic mass is 10.1. The van der Waals surface area contributed by atoms with E-state index in [-0.39, 0.29) is 11.5 Å². The number of carboxylic acid groups (broad SMARTS) is 1. The van der Waals surface area contributed by atoms with Crippen LogP contribution in [0.3, 0.4) is 0 Å². The van der Waals surface area contributed by atoms with E-state index in [2.05, 4.69) is 0 Å². The standard InChI is InChI=1S/C10H12FNO2/c1-12(11)9(10(13)14)7-8-5-3-2-4-6-8/h2-6,9H,7H2,1H3,(H,13,14). The molecule has 0 spiro atoms. The second kappa shape index (κ2) is 4.72. The zero-order valence-electron chi connectivity index (χ0n) is 7.85. The van der Waals surface area contributed by atoms with Gasteiger partial charge >= 0.3 is 5.97 Å². The molecule has 0 aliphatic rings. The molecule has 1 aromatic carbocycles. The maximum Gasteiger partial charge on any atom is 0.323 e. The maximum absolute atomic E-state index is 12.8. The number of rotatable bonds is 4. The van der Waals surface area contributed by atoms with Gasteiger partial charge in [-0.05, 0) is 5.56 Å². The first-order valence-electron chi connectivity index (χ1n) is 4.26. The van der Waals surface area contributed by atoms with Gasteiger partial charge in [-0.3, -0.25) is 4.79 Å². The molecule has 1 rings (SSSR count). The van der Waals surface area contributed by atoms with Crippen molar-refractivity contribution in [3.8, 4) is 0 Å². The Hall–Kier alpha value is -1.42. The predicted molar refractivity (Wildman–Crippen MR) is 50.4 cm³/mol. The van der Waals surface area contributed by atoms with E-state index >= 15 is 0 Å². The van der Waals surface area contributed by atoms with Crippen LogP contribution in [0.2, 0.25) is 0 Å². The van der Waals surface area contributed by atoms with Gasteiger partial charge in [-0.2, -0.15) is 0 Å². The van der Waals surface area contributed by atoms with E-state index in [9.17, 15) is 9.28 Å². The molecule has 0 radical (unpaired) electrons. The third kappa shape index (κ3) is 2.81. The summed E-state index contributed by atoms with van der Waals surface area (Å²) in [5.74, 6) is -1.15. The van der Waals surface area contributed by atoms with E-state index in [4.69, 9.17) is 5.11 Å². The Bertz CT molecular complexity index is 300. The first-order valence-corrected chi connectivity index (χ1v) is 4.26. The number of hydrogen-bond acceptors (Lipinski definition) is 2. The molecule has 1 atom stereocenters. The molecule has 3 nitrogen and oxygen atoms in total. The van der Waals surface area contributed by atoms with Crippen LogP contribution in [0.1, 0.15) is 5.56 Å². The Kier molecular flexibility index (Phi) is 3.59. The number of likely N-dealkylation sites (N-methyl/N-ethyl adjacent to an activating group) is 1. The fraction of sp³-hybridized carbons (Fsp3) is 0.300. The van der Waals surface area contributed by atoms with Gasteiger partial charge in [0.1, 0.15) is 6.04 Å².